The summed E-state index contributed by atoms with van der Waals surface area (Å²) in [5.74, 6) is -0.970. The molecule has 0 aliphatic rings. The van der Waals surface area contributed by atoms with Gasteiger partial charge in [0.2, 0.25) is 0 Å². The minimum atomic E-state index is -0.582. The van der Waals surface area contributed by atoms with Gasteiger partial charge in [0.05, 0.1) is 18.6 Å². The van der Waals surface area contributed by atoms with E-state index in [0.29, 0.717) is 17.9 Å². The zero-order valence-corrected chi connectivity index (χ0v) is 16.3. The van der Waals surface area contributed by atoms with Gasteiger partial charge in [0.25, 0.3) is 0 Å². The van der Waals surface area contributed by atoms with Gasteiger partial charge in [0.15, 0.2) is 0 Å². The van der Waals surface area contributed by atoms with Crippen LogP contribution < -0.4 is 5.73 Å². The Balaban J connectivity index is 2.35. The van der Waals surface area contributed by atoms with Gasteiger partial charge in [-0.05, 0) is 51.0 Å². The highest BCUT2D eigenvalue weighted by atomic mass is 16.6. The molecule has 0 radical (unpaired) electrons. The highest BCUT2D eigenvalue weighted by molar-refractivity contribution is 5.91. The molecular weight excluding hydrogens is 342 g/mol. The number of nitrogen functional groups attached to an aromatic ring is 1. The second-order valence-corrected chi connectivity index (χ2v) is 7.32. The molecule has 1 atom stereocenters. The highest BCUT2D eigenvalue weighted by Gasteiger charge is 2.23. The summed E-state index contributed by atoms with van der Waals surface area (Å²) in [5, 5.41) is 0. The lowest BCUT2D eigenvalue weighted by atomic mass is 9.87. The Hall–Kier alpha value is -2.82. The van der Waals surface area contributed by atoms with Crippen LogP contribution in [0.25, 0.3) is 0 Å². The molecule has 1 unspecified atom stereocenters. The average Bonchev–Trinajstić information content (AvgIpc) is 2.59. The molecule has 2 aromatic carbocycles. The van der Waals surface area contributed by atoms with E-state index in [1.165, 1.54) is 0 Å². The average molecular weight is 369 g/mol. The van der Waals surface area contributed by atoms with E-state index in [1.807, 2.05) is 51.1 Å². The monoisotopic (exact) mass is 369 g/mol. The van der Waals surface area contributed by atoms with Gasteiger partial charge in [0, 0.05) is 11.6 Å². The summed E-state index contributed by atoms with van der Waals surface area (Å²) in [4.78, 5) is 24.4. The van der Waals surface area contributed by atoms with E-state index < -0.39 is 11.6 Å². The molecule has 144 valence electrons. The molecule has 5 heteroatoms. The third-order valence-corrected chi connectivity index (χ3v) is 3.97. The van der Waals surface area contributed by atoms with Crippen molar-refractivity contribution in [3.05, 3.63) is 65.2 Å². The fraction of sp³-hybridized carbons (Fsp3) is 0.364. The number of nitrogens with two attached hydrogens (primary N) is 1. The molecule has 0 spiro atoms. The van der Waals surface area contributed by atoms with Gasteiger partial charge < -0.3 is 15.2 Å². The van der Waals surface area contributed by atoms with Crippen LogP contribution in [-0.2, 0) is 14.3 Å². The Morgan fingerprint density at radius 2 is 1.74 bits per heavy atom. The zero-order chi connectivity index (χ0) is 20.0. The van der Waals surface area contributed by atoms with Crippen molar-refractivity contribution in [2.45, 2.75) is 45.6 Å². The van der Waals surface area contributed by atoms with Gasteiger partial charge in [-0.2, -0.15) is 0 Å². The molecule has 0 heterocycles. The smallest absolute Gasteiger partial charge is 0.338 e. The molecule has 0 saturated heterocycles. The van der Waals surface area contributed by atoms with E-state index in [9.17, 15) is 9.59 Å². The van der Waals surface area contributed by atoms with Crippen LogP contribution in [0.2, 0.25) is 0 Å². The Labute approximate surface area is 160 Å². The standard InChI is InChI=1S/C22H27NO4/c1-5-26-20(24)14-18(15-9-7-6-8-10-15)17-12-11-16(13-19(17)23)21(25)27-22(2,3)4/h6-13,18H,5,14,23H2,1-4H3. The van der Waals surface area contributed by atoms with Gasteiger partial charge in [-0.1, -0.05) is 36.4 Å². The van der Waals surface area contributed by atoms with E-state index in [0.717, 1.165) is 11.1 Å². The van der Waals surface area contributed by atoms with Gasteiger partial charge in [0.1, 0.15) is 5.60 Å². The summed E-state index contributed by atoms with van der Waals surface area (Å²) in [6.45, 7) is 7.54. The minimum absolute atomic E-state index is 0.174. The highest BCUT2D eigenvalue weighted by Crippen LogP contribution is 2.33. The van der Waals surface area contributed by atoms with Gasteiger partial charge in [-0.25, -0.2) is 4.79 Å². The first kappa shape index (κ1) is 20.5. The van der Waals surface area contributed by atoms with E-state index in [1.54, 1.807) is 25.1 Å². The SMILES string of the molecule is CCOC(=O)CC(c1ccccc1)c1ccc(C(=O)OC(C)(C)C)cc1N. The molecule has 0 bridgehead atoms. The lowest BCUT2D eigenvalue weighted by Gasteiger charge is -2.21. The lowest BCUT2D eigenvalue weighted by Crippen LogP contribution is -2.24. The largest absolute Gasteiger partial charge is 0.466 e. The Bertz CT molecular complexity index is 794. The normalized spacial score (nSPS) is 12.3. The van der Waals surface area contributed by atoms with Crippen LogP contribution in [-0.4, -0.2) is 24.1 Å². The molecule has 0 aromatic heterocycles. The number of esters is 2. The number of hydrogen-bond acceptors (Lipinski definition) is 5. The summed E-state index contributed by atoms with van der Waals surface area (Å²) in [5.41, 5.74) is 8.23. The van der Waals surface area contributed by atoms with E-state index >= 15 is 0 Å². The maximum absolute atomic E-state index is 12.3. The Kier molecular flexibility index (Phi) is 6.61. The number of carbonyl (C=O) groups excluding carboxylic acids is 2. The fourth-order valence-electron chi connectivity index (χ4n) is 2.84. The van der Waals surface area contributed by atoms with Crippen LogP contribution in [0, 0.1) is 0 Å². The Morgan fingerprint density at radius 1 is 1.07 bits per heavy atom. The molecule has 2 N–H and O–H groups in total. The summed E-state index contributed by atoms with van der Waals surface area (Å²) in [7, 11) is 0. The topological polar surface area (TPSA) is 78.6 Å². The first-order chi connectivity index (χ1) is 12.7. The maximum Gasteiger partial charge on any atom is 0.338 e. The Morgan fingerprint density at radius 3 is 2.30 bits per heavy atom. The third kappa shape index (κ3) is 5.84. The first-order valence-electron chi connectivity index (χ1n) is 9.04. The van der Waals surface area contributed by atoms with Crippen molar-refractivity contribution in [1.29, 1.82) is 0 Å². The predicted molar refractivity (Wildman–Crippen MR) is 106 cm³/mol. The lowest BCUT2D eigenvalue weighted by molar-refractivity contribution is -0.143. The quantitative estimate of drug-likeness (QED) is 0.606. The third-order valence-electron chi connectivity index (χ3n) is 3.97. The van der Waals surface area contributed by atoms with Crippen LogP contribution in [0.5, 0.6) is 0 Å². The van der Waals surface area contributed by atoms with Gasteiger partial charge in [-0.15, -0.1) is 0 Å². The molecule has 0 amide bonds. The summed E-state index contributed by atoms with van der Waals surface area (Å²) in [6.07, 6.45) is 0.174. The van der Waals surface area contributed by atoms with Crippen molar-refractivity contribution >= 4 is 17.6 Å². The second kappa shape index (κ2) is 8.71. The van der Waals surface area contributed by atoms with Crippen molar-refractivity contribution in [1.82, 2.24) is 0 Å². The number of hydrogen-bond donors (Lipinski definition) is 1. The summed E-state index contributed by atoms with van der Waals surface area (Å²) < 4.78 is 10.5. The van der Waals surface area contributed by atoms with Crippen LogP contribution in [0.4, 0.5) is 5.69 Å². The van der Waals surface area contributed by atoms with Crippen molar-refractivity contribution in [3.63, 3.8) is 0 Å². The molecule has 0 aliphatic carbocycles. The molecule has 5 nitrogen and oxygen atoms in total. The maximum atomic E-state index is 12.3. The number of rotatable bonds is 6. The predicted octanol–water partition coefficient (Wildman–Crippen LogP) is 4.31. The molecule has 2 aromatic rings. The molecular formula is C22H27NO4. The second-order valence-electron chi connectivity index (χ2n) is 7.32. The van der Waals surface area contributed by atoms with Crippen molar-refractivity contribution < 1.29 is 19.1 Å². The van der Waals surface area contributed by atoms with Crippen LogP contribution in [0.3, 0.4) is 0 Å². The fourth-order valence-corrected chi connectivity index (χ4v) is 2.84. The molecule has 2 rings (SSSR count). The minimum Gasteiger partial charge on any atom is -0.466 e. The zero-order valence-electron chi connectivity index (χ0n) is 16.3. The van der Waals surface area contributed by atoms with E-state index in [4.69, 9.17) is 15.2 Å². The van der Waals surface area contributed by atoms with Gasteiger partial charge >= 0.3 is 11.9 Å². The van der Waals surface area contributed by atoms with Gasteiger partial charge in [-0.3, -0.25) is 4.79 Å². The number of benzene rings is 2. The molecule has 0 saturated carbocycles. The van der Waals surface area contributed by atoms with Crippen molar-refractivity contribution in [2.75, 3.05) is 12.3 Å². The van der Waals surface area contributed by atoms with Crippen molar-refractivity contribution in [2.24, 2.45) is 0 Å². The molecule has 27 heavy (non-hydrogen) atoms. The van der Waals surface area contributed by atoms with E-state index in [2.05, 4.69) is 0 Å². The first-order valence-corrected chi connectivity index (χ1v) is 9.04. The summed E-state index contributed by atoms with van der Waals surface area (Å²) >= 11 is 0. The van der Waals surface area contributed by atoms with Crippen molar-refractivity contribution in [3.8, 4) is 0 Å². The van der Waals surface area contributed by atoms with Crippen LogP contribution in [0.15, 0.2) is 48.5 Å². The van der Waals surface area contributed by atoms with Crippen LogP contribution >= 0.6 is 0 Å². The molecule has 0 fully saturated rings. The molecule has 0 aliphatic heterocycles. The number of anilines is 1. The number of ether oxygens (including phenoxy) is 2. The van der Waals surface area contributed by atoms with Crippen LogP contribution in [0.1, 0.15) is 61.5 Å². The summed E-state index contributed by atoms with van der Waals surface area (Å²) in [6, 6.07) is 14.7. The van der Waals surface area contributed by atoms with E-state index in [-0.39, 0.29) is 18.3 Å². The number of carbonyl (C=O) groups is 2.